The van der Waals surface area contributed by atoms with Crippen LogP contribution in [-0.2, 0) is 17.9 Å². The van der Waals surface area contributed by atoms with Crippen LogP contribution in [0.2, 0.25) is 0 Å². The largest absolute Gasteiger partial charge is 0.493 e. The molecule has 0 bridgehead atoms. The van der Waals surface area contributed by atoms with E-state index in [1.807, 2.05) is 62.4 Å². The summed E-state index contributed by atoms with van der Waals surface area (Å²) in [5.41, 5.74) is 2.16. The molecule has 0 saturated heterocycles. The second kappa shape index (κ2) is 14.9. The van der Waals surface area contributed by atoms with E-state index in [0.717, 1.165) is 35.9 Å². The predicted molar refractivity (Wildman–Crippen MR) is 128 cm³/mol. The van der Waals surface area contributed by atoms with Gasteiger partial charge in [-0.15, -0.1) is 24.0 Å². The molecule has 0 amide bonds. The van der Waals surface area contributed by atoms with Crippen LogP contribution >= 0.6 is 24.0 Å². The fourth-order valence-corrected chi connectivity index (χ4v) is 2.56. The van der Waals surface area contributed by atoms with Gasteiger partial charge in [0.05, 0.1) is 20.3 Å². The Labute approximate surface area is 191 Å². The topological polar surface area (TPSA) is 64.1 Å². The molecule has 2 rings (SSSR count). The maximum absolute atomic E-state index is 5.91. The zero-order valence-electron chi connectivity index (χ0n) is 17.4. The Hall–Kier alpha value is -2.00. The maximum Gasteiger partial charge on any atom is 0.191 e. The number of hydrogen-bond donors (Lipinski definition) is 2. The first-order valence-electron chi connectivity index (χ1n) is 9.70. The minimum absolute atomic E-state index is 0. The standard InChI is InChI=1S/C22H31N3O3.HI/c1-4-23-22(24-13-14-27-5-2)25-16-19-11-12-20(21(15-19)26-3)28-17-18-9-7-6-8-10-18;/h6-12,15H,4-5,13-14,16-17H2,1-3H3,(H2,23,24,25);1H. The highest BCUT2D eigenvalue weighted by atomic mass is 127. The molecule has 0 unspecified atom stereocenters. The Morgan fingerprint density at radius 3 is 2.45 bits per heavy atom. The van der Waals surface area contributed by atoms with Gasteiger partial charge in [0, 0.05) is 19.7 Å². The Morgan fingerprint density at radius 2 is 1.76 bits per heavy atom. The Morgan fingerprint density at radius 1 is 0.966 bits per heavy atom. The van der Waals surface area contributed by atoms with Crippen molar-refractivity contribution >= 4 is 29.9 Å². The number of guanidine groups is 1. The van der Waals surface area contributed by atoms with E-state index in [-0.39, 0.29) is 24.0 Å². The smallest absolute Gasteiger partial charge is 0.191 e. The van der Waals surface area contributed by atoms with Gasteiger partial charge in [-0.05, 0) is 37.1 Å². The second-order valence-corrected chi connectivity index (χ2v) is 6.08. The summed E-state index contributed by atoms with van der Waals surface area (Å²) in [5.74, 6) is 2.20. The molecule has 2 aromatic rings. The number of nitrogens with zero attached hydrogens (tertiary/aromatic N) is 1. The highest BCUT2D eigenvalue weighted by Crippen LogP contribution is 2.29. The number of benzene rings is 2. The molecule has 29 heavy (non-hydrogen) atoms. The first kappa shape index (κ1) is 25.0. The Balaban J connectivity index is 0.00000420. The zero-order chi connectivity index (χ0) is 20.0. The van der Waals surface area contributed by atoms with E-state index in [1.165, 1.54) is 0 Å². The lowest BCUT2D eigenvalue weighted by atomic mass is 10.2. The van der Waals surface area contributed by atoms with Gasteiger partial charge in [0.25, 0.3) is 0 Å². The van der Waals surface area contributed by atoms with Crippen molar-refractivity contribution < 1.29 is 14.2 Å². The molecule has 7 heteroatoms. The summed E-state index contributed by atoms with van der Waals surface area (Å²) in [6.45, 7) is 7.96. The predicted octanol–water partition coefficient (Wildman–Crippen LogP) is 3.98. The normalized spacial score (nSPS) is 10.8. The van der Waals surface area contributed by atoms with E-state index >= 15 is 0 Å². The number of ether oxygens (including phenoxy) is 3. The molecular formula is C22H32IN3O3. The highest BCUT2D eigenvalue weighted by molar-refractivity contribution is 14.0. The van der Waals surface area contributed by atoms with Crippen molar-refractivity contribution in [3.05, 3.63) is 59.7 Å². The lowest BCUT2D eigenvalue weighted by Crippen LogP contribution is -2.39. The van der Waals surface area contributed by atoms with E-state index in [9.17, 15) is 0 Å². The summed E-state index contributed by atoms with van der Waals surface area (Å²) in [7, 11) is 1.65. The zero-order valence-corrected chi connectivity index (χ0v) is 19.8. The Kier molecular flexibility index (Phi) is 12.9. The average Bonchev–Trinajstić information content (AvgIpc) is 2.74. The summed E-state index contributed by atoms with van der Waals surface area (Å²) in [6.07, 6.45) is 0. The van der Waals surface area contributed by atoms with Crippen molar-refractivity contribution in [3.8, 4) is 11.5 Å². The van der Waals surface area contributed by atoms with Crippen LogP contribution in [0.25, 0.3) is 0 Å². The summed E-state index contributed by atoms with van der Waals surface area (Å²) < 4.78 is 16.8. The number of halogens is 1. The van der Waals surface area contributed by atoms with Crippen molar-refractivity contribution in [2.24, 2.45) is 4.99 Å². The van der Waals surface area contributed by atoms with E-state index in [0.29, 0.717) is 32.1 Å². The number of hydrogen-bond acceptors (Lipinski definition) is 4. The molecule has 0 atom stereocenters. The second-order valence-electron chi connectivity index (χ2n) is 6.08. The molecule has 0 saturated carbocycles. The molecule has 2 aromatic carbocycles. The van der Waals surface area contributed by atoms with Crippen LogP contribution in [-0.4, -0.2) is 39.4 Å². The summed E-state index contributed by atoms with van der Waals surface area (Å²) in [5, 5.41) is 6.50. The summed E-state index contributed by atoms with van der Waals surface area (Å²) in [6, 6.07) is 16.0. The first-order valence-corrected chi connectivity index (χ1v) is 9.70. The van der Waals surface area contributed by atoms with Gasteiger partial charge in [-0.2, -0.15) is 0 Å². The third-order valence-electron chi connectivity index (χ3n) is 3.97. The molecule has 160 valence electrons. The molecule has 0 spiro atoms. The van der Waals surface area contributed by atoms with E-state index in [2.05, 4.69) is 15.6 Å². The SMILES string of the molecule is CCNC(=NCc1ccc(OCc2ccccc2)c(OC)c1)NCCOCC.I. The van der Waals surface area contributed by atoms with Gasteiger partial charge in [0.1, 0.15) is 6.61 Å². The fraction of sp³-hybridized carbons (Fsp3) is 0.409. The number of nitrogens with one attached hydrogen (secondary N) is 2. The molecular weight excluding hydrogens is 481 g/mol. The molecule has 0 aromatic heterocycles. The molecule has 0 aliphatic heterocycles. The minimum Gasteiger partial charge on any atom is -0.493 e. The van der Waals surface area contributed by atoms with Gasteiger partial charge in [0.2, 0.25) is 0 Å². The molecule has 0 radical (unpaired) electrons. The van der Waals surface area contributed by atoms with Crippen LogP contribution in [0.3, 0.4) is 0 Å². The van der Waals surface area contributed by atoms with Crippen LogP contribution in [0.15, 0.2) is 53.5 Å². The lowest BCUT2D eigenvalue weighted by Gasteiger charge is -2.13. The third-order valence-corrected chi connectivity index (χ3v) is 3.97. The van der Waals surface area contributed by atoms with Crippen molar-refractivity contribution in [1.29, 1.82) is 0 Å². The summed E-state index contributed by atoms with van der Waals surface area (Å²) in [4.78, 5) is 4.62. The molecule has 0 aliphatic carbocycles. The lowest BCUT2D eigenvalue weighted by molar-refractivity contribution is 0.152. The van der Waals surface area contributed by atoms with Gasteiger partial charge in [-0.1, -0.05) is 36.4 Å². The number of aliphatic imine (C=N–C) groups is 1. The Bertz CT molecular complexity index is 726. The van der Waals surface area contributed by atoms with Crippen molar-refractivity contribution in [2.75, 3.05) is 33.4 Å². The van der Waals surface area contributed by atoms with Crippen molar-refractivity contribution in [3.63, 3.8) is 0 Å². The van der Waals surface area contributed by atoms with Crippen LogP contribution in [0.5, 0.6) is 11.5 Å². The monoisotopic (exact) mass is 513 g/mol. The van der Waals surface area contributed by atoms with Gasteiger partial charge < -0.3 is 24.8 Å². The molecule has 2 N–H and O–H groups in total. The molecule has 0 heterocycles. The molecule has 0 aliphatic rings. The molecule has 6 nitrogen and oxygen atoms in total. The van der Waals surface area contributed by atoms with Crippen molar-refractivity contribution in [2.45, 2.75) is 27.0 Å². The molecule has 0 fully saturated rings. The van der Waals surface area contributed by atoms with E-state index in [4.69, 9.17) is 14.2 Å². The van der Waals surface area contributed by atoms with Gasteiger partial charge in [-0.3, -0.25) is 0 Å². The quantitative estimate of drug-likeness (QED) is 0.206. The number of methoxy groups -OCH3 is 1. The van der Waals surface area contributed by atoms with Crippen LogP contribution in [0, 0.1) is 0 Å². The van der Waals surface area contributed by atoms with Crippen LogP contribution in [0.4, 0.5) is 0 Å². The highest BCUT2D eigenvalue weighted by Gasteiger charge is 2.07. The van der Waals surface area contributed by atoms with Gasteiger partial charge >= 0.3 is 0 Å². The van der Waals surface area contributed by atoms with Gasteiger partial charge in [-0.25, -0.2) is 4.99 Å². The first-order chi connectivity index (χ1) is 13.8. The fourth-order valence-electron chi connectivity index (χ4n) is 2.56. The van der Waals surface area contributed by atoms with Crippen molar-refractivity contribution in [1.82, 2.24) is 10.6 Å². The maximum atomic E-state index is 5.91. The van der Waals surface area contributed by atoms with E-state index in [1.54, 1.807) is 7.11 Å². The summed E-state index contributed by atoms with van der Waals surface area (Å²) >= 11 is 0. The average molecular weight is 513 g/mol. The van der Waals surface area contributed by atoms with Crippen LogP contribution in [0.1, 0.15) is 25.0 Å². The van der Waals surface area contributed by atoms with Crippen LogP contribution < -0.4 is 20.1 Å². The third kappa shape index (κ3) is 9.36. The minimum atomic E-state index is 0. The number of rotatable bonds is 11. The van der Waals surface area contributed by atoms with E-state index < -0.39 is 0 Å². The van der Waals surface area contributed by atoms with Gasteiger partial charge in [0.15, 0.2) is 17.5 Å².